The van der Waals surface area contributed by atoms with Crippen molar-refractivity contribution >= 4 is 11.9 Å². The number of amides is 1. The summed E-state index contributed by atoms with van der Waals surface area (Å²) in [7, 11) is 0. The summed E-state index contributed by atoms with van der Waals surface area (Å²) in [5, 5.41) is 11.2. The van der Waals surface area contributed by atoms with Crippen LogP contribution in [-0.2, 0) is 11.2 Å². The second kappa shape index (κ2) is 6.15. The number of carbonyl (C=O) groups excluding carboxylic acids is 1. The number of carboxylic acid groups (broad SMARTS) is 1. The molecule has 1 rings (SSSR count). The van der Waals surface area contributed by atoms with Gasteiger partial charge >= 0.3 is 12.1 Å². The zero-order valence-corrected chi connectivity index (χ0v) is 11.6. The van der Waals surface area contributed by atoms with Crippen LogP contribution in [0, 0.1) is 0 Å². The highest BCUT2D eigenvalue weighted by molar-refractivity contribution is 5.97. The van der Waals surface area contributed by atoms with Crippen LogP contribution in [0.4, 0.5) is 13.2 Å². The van der Waals surface area contributed by atoms with E-state index in [1.54, 1.807) is 0 Å². The first-order valence-corrected chi connectivity index (χ1v) is 6.23. The van der Waals surface area contributed by atoms with Gasteiger partial charge in [0.25, 0.3) is 5.91 Å². The van der Waals surface area contributed by atoms with E-state index >= 15 is 0 Å². The highest BCUT2D eigenvalue weighted by atomic mass is 19.4. The van der Waals surface area contributed by atoms with Crippen molar-refractivity contribution in [1.29, 1.82) is 0 Å². The zero-order valence-electron chi connectivity index (χ0n) is 11.6. The molecule has 0 saturated heterocycles. The Bertz CT molecular complexity index is 521. The van der Waals surface area contributed by atoms with Crippen molar-refractivity contribution in [2.75, 3.05) is 0 Å². The van der Waals surface area contributed by atoms with E-state index < -0.39 is 30.0 Å². The first kappa shape index (κ1) is 17.0. The van der Waals surface area contributed by atoms with Gasteiger partial charge in [0, 0.05) is 12.0 Å². The molecule has 0 unspecified atom stereocenters. The number of benzene rings is 1. The number of aryl methyl sites for hydroxylation is 1. The molecule has 1 amide bonds. The molecule has 0 aliphatic carbocycles. The lowest BCUT2D eigenvalue weighted by Crippen LogP contribution is -2.49. The normalized spacial score (nSPS) is 12.0. The second-order valence-corrected chi connectivity index (χ2v) is 5.20. The minimum Gasteiger partial charge on any atom is -0.480 e. The lowest BCUT2D eigenvalue weighted by atomic mass is 10.0. The molecule has 0 atom stereocenters. The number of carboxylic acids is 1. The molecule has 0 heterocycles. The fourth-order valence-electron chi connectivity index (χ4n) is 1.52. The molecule has 1 aromatic carbocycles. The van der Waals surface area contributed by atoms with Gasteiger partial charge in [-0.25, -0.2) is 4.79 Å². The van der Waals surface area contributed by atoms with Crippen molar-refractivity contribution in [1.82, 2.24) is 5.32 Å². The van der Waals surface area contributed by atoms with Crippen LogP contribution >= 0.6 is 0 Å². The summed E-state index contributed by atoms with van der Waals surface area (Å²) in [6.45, 7) is 2.68. The van der Waals surface area contributed by atoms with Crippen LogP contribution in [0.2, 0.25) is 0 Å². The quantitative estimate of drug-likeness (QED) is 0.879. The van der Waals surface area contributed by atoms with Crippen LogP contribution in [0.5, 0.6) is 0 Å². The fraction of sp³-hybridized carbons (Fsp3) is 0.429. The third-order valence-corrected chi connectivity index (χ3v) is 2.87. The maximum Gasteiger partial charge on any atom is 0.389 e. The third kappa shape index (κ3) is 5.45. The topological polar surface area (TPSA) is 66.4 Å². The summed E-state index contributed by atoms with van der Waals surface area (Å²) >= 11 is 0. The van der Waals surface area contributed by atoms with Gasteiger partial charge in [0.15, 0.2) is 0 Å². The third-order valence-electron chi connectivity index (χ3n) is 2.87. The van der Waals surface area contributed by atoms with Gasteiger partial charge in [-0.05, 0) is 38.0 Å². The first-order chi connectivity index (χ1) is 9.51. The largest absolute Gasteiger partial charge is 0.480 e. The van der Waals surface area contributed by atoms with E-state index in [4.69, 9.17) is 5.11 Å². The number of rotatable bonds is 5. The van der Waals surface area contributed by atoms with E-state index in [-0.39, 0.29) is 12.0 Å². The fourth-order valence-corrected chi connectivity index (χ4v) is 1.52. The standard InChI is InChI=1S/C14H16F3NO3/c1-13(2,12(20)21)18-11(19)10-5-3-9(4-6-10)7-8-14(15,16)17/h3-6H,7-8H2,1-2H3,(H,18,19)(H,20,21). The van der Waals surface area contributed by atoms with Crippen LogP contribution in [0.3, 0.4) is 0 Å². The summed E-state index contributed by atoms with van der Waals surface area (Å²) in [4.78, 5) is 22.7. The molecule has 0 aromatic heterocycles. The van der Waals surface area contributed by atoms with E-state index in [1.165, 1.54) is 38.1 Å². The van der Waals surface area contributed by atoms with E-state index in [1.807, 2.05) is 0 Å². The summed E-state index contributed by atoms with van der Waals surface area (Å²) in [6.07, 6.45) is -5.31. The average Bonchev–Trinajstić information content (AvgIpc) is 2.35. The van der Waals surface area contributed by atoms with E-state index in [0.717, 1.165) is 0 Å². The number of hydrogen-bond acceptors (Lipinski definition) is 2. The summed E-state index contributed by atoms with van der Waals surface area (Å²) in [5.74, 6) is -1.78. The molecule has 0 aliphatic rings. The molecule has 7 heteroatoms. The number of carbonyl (C=O) groups is 2. The van der Waals surface area contributed by atoms with Crippen molar-refractivity contribution in [2.45, 2.75) is 38.4 Å². The Morgan fingerprint density at radius 1 is 1.14 bits per heavy atom. The molecule has 1 aromatic rings. The highest BCUT2D eigenvalue weighted by Crippen LogP contribution is 2.22. The van der Waals surface area contributed by atoms with Gasteiger partial charge < -0.3 is 10.4 Å². The van der Waals surface area contributed by atoms with Gasteiger partial charge in [0.1, 0.15) is 5.54 Å². The molecule has 0 saturated carbocycles. The number of hydrogen-bond donors (Lipinski definition) is 2. The van der Waals surface area contributed by atoms with Crippen molar-refractivity contribution in [3.63, 3.8) is 0 Å². The smallest absolute Gasteiger partial charge is 0.389 e. The van der Waals surface area contributed by atoms with Gasteiger partial charge in [-0.3, -0.25) is 4.79 Å². The molecule has 0 radical (unpaired) electrons. The Kier molecular flexibility index (Phi) is 4.98. The van der Waals surface area contributed by atoms with Crippen LogP contribution in [0.25, 0.3) is 0 Å². The van der Waals surface area contributed by atoms with Crippen LogP contribution in [0.15, 0.2) is 24.3 Å². The number of nitrogens with one attached hydrogen (secondary N) is 1. The Morgan fingerprint density at radius 2 is 1.67 bits per heavy atom. The molecule has 21 heavy (non-hydrogen) atoms. The van der Waals surface area contributed by atoms with E-state index in [0.29, 0.717) is 5.56 Å². The predicted molar refractivity (Wildman–Crippen MR) is 70.0 cm³/mol. The van der Waals surface area contributed by atoms with Crippen LogP contribution in [0.1, 0.15) is 36.2 Å². The maximum atomic E-state index is 12.1. The first-order valence-electron chi connectivity index (χ1n) is 6.23. The molecule has 0 fully saturated rings. The molecule has 2 N–H and O–H groups in total. The minimum atomic E-state index is -4.22. The molecule has 4 nitrogen and oxygen atoms in total. The summed E-state index contributed by atoms with van der Waals surface area (Å²) in [6, 6.07) is 5.60. The molecule has 0 aliphatic heterocycles. The molecule has 116 valence electrons. The highest BCUT2D eigenvalue weighted by Gasteiger charge is 2.29. The Morgan fingerprint density at radius 3 is 2.10 bits per heavy atom. The Labute approximate surface area is 120 Å². The van der Waals surface area contributed by atoms with Crippen LogP contribution < -0.4 is 5.32 Å². The maximum absolute atomic E-state index is 12.1. The number of alkyl halides is 3. The SMILES string of the molecule is CC(C)(NC(=O)c1ccc(CCC(F)(F)F)cc1)C(=O)O. The van der Waals surface area contributed by atoms with Gasteiger partial charge in [0.05, 0.1) is 0 Å². The Balaban J connectivity index is 2.70. The Hall–Kier alpha value is -2.05. The predicted octanol–water partition coefficient (Wildman–Crippen LogP) is 2.77. The lowest BCUT2D eigenvalue weighted by molar-refractivity contribution is -0.143. The monoisotopic (exact) mass is 303 g/mol. The van der Waals surface area contributed by atoms with Crippen molar-refractivity contribution < 1.29 is 27.9 Å². The molecular formula is C14H16F3NO3. The average molecular weight is 303 g/mol. The van der Waals surface area contributed by atoms with E-state index in [9.17, 15) is 22.8 Å². The summed E-state index contributed by atoms with van der Waals surface area (Å²) < 4.78 is 36.3. The number of aliphatic carboxylic acids is 1. The van der Waals surface area contributed by atoms with Crippen molar-refractivity contribution in [2.24, 2.45) is 0 Å². The van der Waals surface area contributed by atoms with Gasteiger partial charge in [0.2, 0.25) is 0 Å². The molecule has 0 spiro atoms. The van der Waals surface area contributed by atoms with Crippen LogP contribution in [-0.4, -0.2) is 28.7 Å². The molecule has 0 bridgehead atoms. The lowest BCUT2D eigenvalue weighted by Gasteiger charge is -2.21. The number of halogens is 3. The van der Waals surface area contributed by atoms with Gasteiger partial charge in [-0.2, -0.15) is 13.2 Å². The van der Waals surface area contributed by atoms with Gasteiger partial charge in [-0.15, -0.1) is 0 Å². The van der Waals surface area contributed by atoms with E-state index in [2.05, 4.69) is 5.32 Å². The minimum absolute atomic E-state index is 0.161. The van der Waals surface area contributed by atoms with Gasteiger partial charge in [-0.1, -0.05) is 12.1 Å². The molecular weight excluding hydrogens is 287 g/mol. The van der Waals surface area contributed by atoms with Crippen molar-refractivity contribution in [3.8, 4) is 0 Å². The zero-order chi connectivity index (χ0) is 16.3. The van der Waals surface area contributed by atoms with Crippen molar-refractivity contribution in [3.05, 3.63) is 35.4 Å². The summed E-state index contributed by atoms with van der Waals surface area (Å²) in [5.41, 5.74) is -0.770. The second-order valence-electron chi connectivity index (χ2n) is 5.20.